The zero-order valence-corrected chi connectivity index (χ0v) is 25.4. The van der Waals surface area contributed by atoms with Crippen molar-refractivity contribution in [2.24, 2.45) is 0 Å². The summed E-state index contributed by atoms with van der Waals surface area (Å²) in [5.74, 6) is -0.781. The lowest BCUT2D eigenvalue weighted by atomic mass is 10.1. The van der Waals surface area contributed by atoms with Crippen LogP contribution in [0.15, 0.2) is 82.2 Å². The van der Waals surface area contributed by atoms with Gasteiger partial charge in [-0.2, -0.15) is 0 Å². The lowest BCUT2D eigenvalue weighted by molar-refractivity contribution is -0.139. The molecule has 7 nitrogen and oxygen atoms in total. The molecular weight excluding hydrogens is 578 g/mol. The van der Waals surface area contributed by atoms with Gasteiger partial charge >= 0.3 is 0 Å². The summed E-state index contributed by atoms with van der Waals surface area (Å²) in [5.41, 5.74) is 2.95. The van der Waals surface area contributed by atoms with Gasteiger partial charge in [0.1, 0.15) is 12.6 Å². The van der Waals surface area contributed by atoms with Crippen LogP contribution in [0.4, 0.5) is 5.69 Å². The van der Waals surface area contributed by atoms with Gasteiger partial charge in [-0.1, -0.05) is 59.3 Å². The van der Waals surface area contributed by atoms with Crippen LogP contribution in [0.1, 0.15) is 43.9 Å². The molecule has 208 valence electrons. The van der Waals surface area contributed by atoms with Gasteiger partial charge in [-0.25, -0.2) is 8.42 Å². The minimum atomic E-state index is -4.09. The Hall–Kier alpha value is -3.17. The molecule has 1 N–H and O–H groups in total. The highest BCUT2D eigenvalue weighted by atomic mass is 79.9. The highest BCUT2D eigenvalue weighted by Gasteiger charge is 2.33. The lowest BCUT2D eigenvalue weighted by Gasteiger charge is -2.32. The first-order chi connectivity index (χ1) is 18.4. The monoisotopic (exact) mass is 613 g/mol. The first-order valence-electron chi connectivity index (χ1n) is 12.9. The van der Waals surface area contributed by atoms with Crippen LogP contribution >= 0.6 is 15.9 Å². The van der Waals surface area contributed by atoms with Gasteiger partial charge in [0.25, 0.3) is 10.0 Å². The number of benzene rings is 3. The topological polar surface area (TPSA) is 86.8 Å². The van der Waals surface area contributed by atoms with Crippen LogP contribution in [0.2, 0.25) is 0 Å². The Morgan fingerprint density at radius 1 is 0.923 bits per heavy atom. The number of halogens is 1. The van der Waals surface area contributed by atoms with Gasteiger partial charge in [0.05, 0.1) is 10.6 Å². The summed E-state index contributed by atoms with van der Waals surface area (Å²) in [4.78, 5) is 28.6. The Bertz CT molecular complexity index is 1390. The van der Waals surface area contributed by atoms with Gasteiger partial charge in [0.2, 0.25) is 11.8 Å². The molecule has 3 rings (SSSR count). The third kappa shape index (κ3) is 7.92. The largest absolute Gasteiger partial charge is 0.352 e. The van der Waals surface area contributed by atoms with Crippen molar-refractivity contribution in [3.05, 3.63) is 94.0 Å². The summed E-state index contributed by atoms with van der Waals surface area (Å²) in [6.45, 7) is 8.98. The fraction of sp³-hybridized carbons (Fsp3) is 0.333. The molecule has 0 aromatic heterocycles. The van der Waals surface area contributed by atoms with E-state index in [0.29, 0.717) is 5.69 Å². The Labute approximate surface area is 240 Å². The molecule has 0 aliphatic rings. The summed E-state index contributed by atoms with van der Waals surface area (Å²) in [7, 11) is -4.09. The summed E-state index contributed by atoms with van der Waals surface area (Å²) in [6, 6.07) is 20.1. The summed E-state index contributed by atoms with van der Waals surface area (Å²) < 4.78 is 29.7. The van der Waals surface area contributed by atoms with Crippen LogP contribution in [0.25, 0.3) is 0 Å². The Kier molecular flexibility index (Phi) is 10.3. The normalized spacial score (nSPS) is 12.9. The third-order valence-electron chi connectivity index (χ3n) is 6.51. The minimum Gasteiger partial charge on any atom is -0.352 e. The highest BCUT2D eigenvalue weighted by molar-refractivity contribution is 9.10. The van der Waals surface area contributed by atoms with E-state index in [1.807, 2.05) is 58.0 Å². The number of rotatable bonds is 11. The molecule has 9 heteroatoms. The van der Waals surface area contributed by atoms with Gasteiger partial charge in [-0.15, -0.1) is 0 Å². The molecule has 0 radical (unpaired) electrons. The molecule has 3 aromatic carbocycles. The van der Waals surface area contributed by atoms with Crippen molar-refractivity contribution in [2.45, 2.75) is 64.6 Å². The number of aryl methyl sites for hydroxylation is 2. The number of carbonyl (C=O) groups excluding carboxylic acids is 2. The molecule has 0 saturated carbocycles. The molecule has 39 heavy (non-hydrogen) atoms. The van der Waals surface area contributed by atoms with Crippen LogP contribution in [-0.2, 0) is 26.2 Å². The summed E-state index contributed by atoms with van der Waals surface area (Å²) in [5, 5.41) is 2.94. The maximum absolute atomic E-state index is 14.0. The molecule has 2 atom stereocenters. The zero-order valence-electron chi connectivity index (χ0n) is 23.0. The second kappa shape index (κ2) is 13.3. The standard InChI is InChI=1S/C30H36BrN3O4S/c1-6-23(4)32-30(36)24(5)33(19-25-11-10-12-26(31)18-25)29(35)20-34(27-16-21(2)15-22(3)17-27)39(37,38)28-13-8-7-9-14-28/h7-18,23-24H,6,19-20H2,1-5H3,(H,32,36)/t23-,24-/m0/s1. The number of anilines is 1. The zero-order chi connectivity index (χ0) is 28.7. The van der Waals surface area contributed by atoms with Gasteiger partial charge in [0, 0.05) is 17.1 Å². The van der Waals surface area contributed by atoms with Gasteiger partial charge < -0.3 is 10.2 Å². The maximum Gasteiger partial charge on any atom is 0.264 e. The average molecular weight is 615 g/mol. The molecule has 0 saturated heterocycles. The fourth-order valence-corrected chi connectivity index (χ4v) is 6.09. The van der Waals surface area contributed by atoms with E-state index in [9.17, 15) is 18.0 Å². The van der Waals surface area contributed by atoms with Crippen LogP contribution in [-0.4, -0.2) is 43.8 Å². The SMILES string of the molecule is CC[C@H](C)NC(=O)[C@H](C)N(Cc1cccc(Br)c1)C(=O)CN(c1cc(C)cc(C)c1)S(=O)(=O)c1ccccc1. The Morgan fingerprint density at radius 2 is 1.56 bits per heavy atom. The predicted molar refractivity (Wildman–Crippen MR) is 159 cm³/mol. The number of hydrogen-bond acceptors (Lipinski definition) is 4. The molecule has 0 unspecified atom stereocenters. The smallest absolute Gasteiger partial charge is 0.264 e. The van der Waals surface area contributed by atoms with E-state index < -0.39 is 28.5 Å². The predicted octanol–water partition coefficient (Wildman–Crippen LogP) is 5.59. The quantitative estimate of drug-likeness (QED) is 0.305. The molecule has 0 fully saturated rings. The molecule has 2 amide bonds. The van der Waals surface area contributed by atoms with Gasteiger partial charge in [-0.05, 0) is 87.2 Å². The van der Waals surface area contributed by atoms with Crippen LogP contribution in [0, 0.1) is 13.8 Å². The maximum atomic E-state index is 14.0. The highest BCUT2D eigenvalue weighted by Crippen LogP contribution is 2.27. The van der Waals surface area contributed by atoms with Gasteiger partial charge in [-0.3, -0.25) is 13.9 Å². The van der Waals surface area contributed by atoms with Crippen molar-refractivity contribution in [3.63, 3.8) is 0 Å². The molecule has 0 heterocycles. The minimum absolute atomic E-state index is 0.0620. The molecular formula is C30H36BrN3O4S. The van der Waals surface area contributed by atoms with E-state index >= 15 is 0 Å². The van der Waals surface area contributed by atoms with E-state index in [1.165, 1.54) is 17.0 Å². The average Bonchev–Trinajstić information content (AvgIpc) is 2.89. The van der Waals surface area contributed by atoms with Crippen LogP contribution < -0.4 is 9.62 Å². The second-order valence-electron chi connectivity index (χ2n) is 9.82. The van der Waals surface area contributed by atoms with Crippen molar-refractivity contribution in [1.29, 1.82) is 0 Å². The van der Waals surface area contributed by atoms with Crippen LogP contribution in [0.5, 0.6) is 0 Å². The molecule has 0 bridgehead atoms. The van der Waals surface area contributed by atoms with Crippen molar-refractivity contribution in [2.75, 3.05) is 10.8 Å². The second-order valence-corrected chi connectivity index (χ2v) is 12.6. The first-order valence-corrected chi connectivity index (χ1v) is 15.2. The van der Waals surface area contributed by atoms with Crippen molar-refractivity contribution in [1.82, 2.24) is 10.2 Å². The number of amides is 2. The number of hydrogen-bond donors (Lipinski definition) is 1. The molecule has 3 aromatic rings. The summed E-state index contributed by atoms with van der Waals surface area (Å²) >= 11 is 3.46. The van der Waals surface area contributed by atoms with Crippen molar-refractivity contribution in [3.8, 4) is 0 Å². The fourth-order valence-electron chi connectivity index (χ4n) is 4.22. The van der Waals surface area contributed by atoms with Crippen molar-refractivity contribution < 1.29 is 18.0 Å². The Balaban J connectivity index is 2.05. The number of nitrogens with zero attached hydrogens (tertiary/aromatic N) is 2. The number of sulfonamides is 1. The van der Waals surface area contributed by atoms with Crippen molar-refractivity contribution >= 4 is 43.5 Å². The lowest BCUT2D eigenvalue weighted by Crippen LogP contribution is -2.52. The molecule has 0 spiro atoms. The Morgan fingerprint density at radius 3 is 2.15 bits per heavy atom. The van der Waals surface area contributed by atoms with Gasteiger partial charge in [0.15, 0.2) is 0 Å². The molecule has 0 aliphatic carbocycles. The summed E-state index contributed by atoms with van der Waals surface area (Å²) in [6.07, 6.45) is 0.744. The van der Waals surface area contributed by atoms with E-state index in [1.54, 1.807) is 37.3 Å². The molecule has 0 aliphatic heterocycles. The third-order valence-corrected chi connectivity index (χ3v) is 8.80. The first kappa shape index (κ1) is 30.4. The van der Waals surface area contributed by atoms with E-state index in [4.69, 9.17) is 0 Å². The van der Waals surface area contributed by atoms with E-state index in [-0.39, 0.29) is 23.4 Å². The van der Waals surface area contributed by atoms with Crippen LogP contribution in [0.3, 0.4) is 0 Å². The number of carbonyl (C=O) groups is 2. The van der Waals surface area contributed by atoms with E-state index in [2.05, 4.69) is 21.2 Å². The number of nitrogens with one attached hydrogen (secondary N) is 1. The van der Waals surface area contributed by atoms with E-state index in [0.717, 1.165) is 31.9 Å².